The minimum Gasteiger partial charge on any atom is -0.481 e. The predicted octanol–water partition coefficient (Wildman–Crippen LogP) is 1.69. The van der Waals surface area contributed by atoms with Crippen LogP contribution in [0.2, 0.25) is 0 Å². The van der Waals surface area contributed by atoms with Crippen molar-refractivity contribution in [3.63, 3.8) is 0 Å². The number of carboxylic acids is 1. The van der Waals surface area contributed by atoms with Crippen LogP contribution in [0.1, 0.15) is 12.0 Å². The van der Waals surface area contributed by atoms with E-state index in [2.05, 4.69) is 4.98 Å². The van der Waals surface area contributed by atoms with E-state index in [0.29, 0.717) is 5.69 Å². The zero-order chi connectivity index (χ0) is 13.8. The number of benzene rings is 1. The molecule has 0 saturated heterocycles. The Bertz CT molecular complexity index is 644. The van der Waals surface area contributed by atoms with Gasteiger partial charge in [0.2, 0.25) is 0 Å². The van der Waals surface area contributed by atoms with Crippen molar-refractivity contribution < 1.29 is 9.90 Å². The second-order valence-electron chi connectivity index (χ2n) is 4.31. The minimum absolute atomic E-state index is 0.0861. The Kier molecular flexibility index (Phi) is 3.75. The highest BCUT2D eigenvalue weighted by Crippen LogP contribution is 2.15. The Morgan fingerprint density at radius 1 is 1.32 bits per heavy atom. The number of carbonyl (C=O) groups is 1. The van der Waals surface area contributed by atoms with Crippen molar-refractivity contribution in [2.24, 2.45) is 0 Å². The number of rotatable bonds is 4. The SMILES string of the molecule is Cc1ccc(-c2cn(CCC(=O)O)c(=O)cn2)cc1. The fourth-order valence-electron chi connectivity index (χ4n) is 1.71. The number of hydrogen-bond acceptors (Lipinski definition) is 3. The van der Waals surface area contributed by atoms with Crippen molar-refractivity contribution in [1.82, 2.24) is 9.55 Å². The van der Waals surface area contributed by atoms with Gasteiger partial charge in [-0.2, -0.15) is 0 Å². The molecular weight excluding hydrogens is 244 g/mol. The average molecular weight is 258 g/mol. The van der Waals surface area contributed by atoms with Gasteiger partial charge in [0.15, 0.2) is 0 Å². The number of nitrogens with zero attached hydrogens (tertiary/aromatic N) is 2. The van der Waals surface area contributed by atoms with Crippen LogP contribution in [0.5, 0.6) is 0 Å². The van der Waals surface area contributed by atoms with Gasteiger partial charge in [0.05, 0.1) is 18.3 Å². The summed E-state index contributed by atoms with van der Waals surface area (Å²) in [5.41, 5.74) is 2.40. The summed E-state index contributed by atoms with van der Waals surface area (Å²) < 4.78 is 1.37. The highest BCUT2D eigenvalue weighted by Gasteiger charge is 2.04. The van der Waals surface area contributed by atoms with Crippen molar-refractivity contribution in [1.29, 1.82) is 0 Å². The molecule has 2 rings (SSSR count). The molecule has 2 aromatic rings. The molecule has 0 aliphatic rings. The van der Waals surface area contributed by atoms with Gasteiger partial charge in [-0.25, -0.2) is 4.98 Å². The molecule has 0 radical (unpaired) electrons. The van der Waals surface area contributed by atoms with Gasteiger partial charge >= 0.3 is 5.97 Å². The second-order valence-corrected chi connectivity index (χ2v) is 4.31. The maximum absolute atomic E-state index is 11.6. The maximum atomic E-state index is 11.6. The smallest absolute Gasteiger partial charge is 0.305 e. The Morgan fingerprint density at radius 3 is 2.63 bits per heavy atom. The van der Waals surface area contributed by atoms with Crippen molar-refractivity contribution >= 4 is 5.97 Å². The van der Waals surface area contributed by atoms with Crippen LogP contribution in [-0.2, 0) is 11.3 Å². The van der Waals surface area contributed by atoms with E-state index in [-0.39, 0.29) is 18.5 Å². The lowest BCUT2D eigenvalue weighted by Crippen LogP contribution is -2.21. The molecule has 0 fully saturated rings. The van der Waals surface area contributed by atoms with E-state index in [1.165, 1.54) is 10.8 Å². The molecule has 0 aliphatic carbocycles. The van der Waals surface area contributed by atoms with E-state index < -0.39 is 5.97 Å². The molecule has 0 bridgehead atoms. The second kappa shape index (κ2) is 5.48. The quantitative estimate of drug-likeness (QED) is 0.905. The molecule has 98 valence electrons. The van der Waals surface area contributed by atoms with Crippen molar-refractivity contribution in [3.05, 3.63) is 52.6 Å². The summed E-state index contributed by atoms with van der Waals surface area (Å²) >= 11 is 0. The van der Waals surface area contributed by atoms with Gasteiger partial charge in [0.25, 0.3) is 5.56 Å². The lowest BCUT2D eigenvalue weighted by Gasteiger charge is -2.06. The van der Waals surface area contributed by atoms with E-state index in [1.54, 1.807) is 6.20 Å². The first-order chi connectivity index (χ1) is 9.06. The van der Waals surface area contributed by atoms with E-state index >= 15 is 0 Å². The molecule has 5 heteroatoms. The van der Waals surface area contributed by atoms with E-state index in [0.717, 1.165) is 11.1 Å². The highest BCUT2D eigenvalue weighted by molar-refractivity contribution is 5.66. The maximum Gasteiger partial charge on any atom is 0.305 e. The molecule has 0 atom stereocenters. The zero-order valence-electron chi connectivity index (χ0n) is 10.5. The first-order valence-corrected chi connectivity index (χ1v) is 5.91. The Balaban J connectivity index is 2.32. The standard InChI is InChI=1S/C14H14N2O3/c1-10-2-4-11(5-3-10)12-9-16(7-6-14(18)19)13(17)8-15-12/h2-5,8-9H,6-7H2,1H3,(H,18,19). The van der Waals surface area contributed by atoms with E-state index in [9.17, 15) is 9.59 Å². The third-order valence-electron chi connectivity index (χ3n) is 2.79. The fraction of sp³-hybridized carbons (Fsp3) is 0.214. The van der Waals surface area contributed by atoms with Crippen molar-refractivity contribution in [2.75, 3.05) is 0 Å². The van der Waals surface area contributed by atoms with Crippen LogP contribution < -0.4 is 5.56 Å². The number of hydrogen-bond donors (Lipinski definition) is 1. The molecule has 1 aromatic heterocycles. The highest BCUT2D eigenvalue weighted by atomic mass is 16.4. The number of aryl methyl sites for hydroxylation is 2. The summed E-state index contributed by atoms with van der Waals surface area (Å²) in [5, 5.41) is 8.65. The van der Waals surface area contributed by atoms with Gasteiger partial charge in [0, 0.05) is 18.3 Å². The van der Waals surface area contributed by atoms with Gasteiger partial charge in [-0.05, 0) is 6.92 Å². The van der Waals surface area contributed by atoms with Crippen LogP contribution >= 0.6 is 0 Å². The lowest BCUT2D eigenvalue weighted by molar-refractivity contribution is -0.137. The molecule has 1 heterocycles. The monoisotopic (exact) mass is 258 g/mol. The number of aromatic nitrogens is 2. The van der Waals surface area contributed by atoms with Gasteiger partial charge < -0.3 is 9.67 Å². The molecule has 0 spiro atoms. The molecule has 0 unspecified atom stereocenters. The van der Waals surface area contributed by atoms with Crippen molar-refractivity contribution in [3.8, 4) is 11.3 Å². The van der Waals surface area contributed by atoms with Crippen LogP contribution in [0.15, 0.2) is 41.5 Å². The summed E-state index contributed by atoms with van der Waals surface area (Å²) in [4.78, 5) is 26.2. The number of carboxylic acid groups (broad SMARTS) is 1. The van der Waals surface area contributed by atoms with Crippen LogP contribution in [0.3, 0.4) is 0 Å². The topological polar surface area (TPSA) is 72.2 Å². The molecule has 19 heavy (non-hydrogen) atoms. The van der Waals surface area contributed by atoms with Gasteiger partial charge in [-0.1, -0.05) is 29.8 Å². The van der Waals surface area contributed by atoms with Gasteiger partial charge in [0.1, 0.15) is 0 Å². The largest absolute Gasteiger partial charge is 0.481 e. The third kappa shape index (κ3) is 3.28. The van der Waals surface area contributed by atoms with Crippen LogP contribution in [-0.4, -0.2) is 20.6 Å². The molecule has 1 N–H and O–H groups in total. The van der Waals surface area contributed by atoms with Gasteiger partial charge in [-0.3, -0.25) is 9.59 Å². The Hall–Kier alpha value is -2.43. The molecule has 0 saturated carbocycles. The predicted molar refractivity (Wildman–Crippen MR) is 70.9 cm³/mol. The molecular formula is C14H14N2O3. The summed E-state index contributed by atoms with van der Waals surface area (Å²) in [6.45, 7) is 2.14. The third-order valence-corrected chi connectivity index (χ3v) is 2.79. The molecule has 0 aliphatic heterocycles. The molecule has 5 nitrogen and oxygen atoms in total. The van der Waals surface area contributed by atoms with E-state index in [4.69, 9.17) is 5.11 Å². The first kappa shape index (κ1) is 13.0. The zero-order valence-corrected chi connectivity index (χ0v) is 10.5. The molecule has 0 amide bonds. The summed E-state index contributed by atoms with van der Waals surface area (Å²) in [7, 11) is 0. The summed E-state index contributed by atoms with van der Waals surface area (Å²) in [5.74, 6) is -0.930. The number of aliphatic carboxylic acids is 1. The average Bonchev–Trinajstić information content (AvgIpc) is 2.39. The van der Waals surface area contributed by atoms with E-state index in [1.807, 2.05) is 31.2 Å². The Labute approximate surface area is 110 Å². The normalized spacial score (nSPS) is 10.4. The lowest BCUT2D eigenvalue weighted by atomic mass is 10.1. The fourth-order valence-corrected chi connectivity index (χ4v) is 1.71. The van der Waals surface area contributed by atoms with Gasteiger partial charge in [-0.15, -0.1) is 0 Å². The van der Waals surface area contributed by atoms with Crippen molar-refractivity contribution in [2.45, 2.75) is 19.9 Å². The van der Waals surface area contributed by atoms with Crippen LogP contribution in [0.4, 0.5) is 0 Å². The molecule has 1 aromatic carbocycles. The first-order valence-electron chi connectivity index (χ1n) is 5.91. The summed E-state index contributed by atoms with van der Waals surface area (Å²) in [6, 6.07) is 7.76. The summed E-state index contributed by atoms with van der Waals surface area (Å²) in [6.07, 6.45) is 2.73. The van der Waals surface area contributed by atoms with Crippen LogP contribution in [0, 0.1) is 6.92 Å². The minimum atomic E-state index is -0.930. The van der Waals surface area contributed by atoms with Crippen LogP contribution in [0.25, 0.3) is 11.3 Å². The Morgan fingerprint density at radius 2 is 2.00 bits per heavy atom.